The van der Waals surface area contributed by atoms with E-state index in [4.69, 9.17) is 27.9 Å². The van der Waals surface area contributed by atoms with Gasteiger partial charge in [0.15, 0.2) is 5.84 Å². The summed E-state index contributed by atoms with van der Waals surface area (Å²) in [6.07, 6.45) is 1.90. The predicted molar refractivity (Wildman–Crippen MR) is 95.0 cm³/mol. The molecule has 5 nitrogen and oxygen atoms in total. The van der Waals surface area contributed by atoms with Crippen LogP contribution in [0, 0.1) is 6.92 Å². The Morgan fingerprint density at radius 2 is 2.00 bits per heavy atom. The number of benzene rings is 2. The van der Waals surface area contributed by atoms with Crippen molar-refractivity contribution < 1.29 is 9.63 Å². The Hall–Kier alpha value is -2.18. The second-order valence-electron chi connectivity index (χ2n) is 4.72. The van der Waals surface area contributed by atoms with Gasteiger partial charge >= 0.3 is 5.97 Å². The lowest BCUT2D eigenvalue weighted by Gasteiger charge is -2.07. The van der Waals surface area contributed by atoms with E-state index in [2.05, 4.69) is 5.16 Å². The van der Waals surface area contributed by atoms with E-state index < -0.39 is 5.97 Å². The van der Waals surface area contributed by atoms with E-state index in [1.54, 1.807) is 30.3 Å². The van der Waals surface area contributed by atoms with Crippen LogP contribution in [-0.2, 0) is 4.84 Å². The lowest BCUT2D eigenvalue weighted by atomic mass is 10.1. The van der Waals surface area contributed by atoms with Gasteiger partial charge in [-0.25, -0.2) is 4.79 Å². The van der Waals surface area contributed by atoms with Gasteiger partial charge in [0.25, 0.3) is 0 Å². The molecule has 0 aliphatic carbocycles. The van der Waals surface area contributed by atoms with Crippen molar-refractivity contribution in [1.82, 2.24) is 0 Å². The molecular weight excluding hydrogens is 334 g/mol. The maximum atomic E-state index is 12.1. The van der Waals surface area contributed by atoms with Gasteiger partial charge in [-0.05, 0) is 43.0 Å². The topological polar surface area (TPSA) is 90.7 Å². The van der Waals surface area contributed by atoms with E-state index in [1.165, 1.54) is 11.8 Å². The van der Waals surface area contributed by atoms with Crippen LogP contribution in [0.2, 0.25) is 5.02 Å². The van der Waals surface area contributed by atoms with E-state index in [1.807, 2.05) is 19.2 Å². The van der Waals surface area contributed by atoms with Crippen LogP contribution >= 0.6 is 23.4 Å². The van der Waals surface area contributed by atoms with Gasteiger partial charge in [0, 0.05) is 16.1 Å². The molecular formula is C16H16ClN3O2S. The quantitative estimate of drug-likeness (QED) is 0.220. The number of nitrogen functional groups attached to an aromatic ring is 1. The first-order chi connectivity index (χ1) is 10.9. The highest BCUT2D eigenvalue weighted by molar-refractivity contribution is 7.98. The molecule has 2 rings (SSSR count). The van der Waals surface area contributed by atoms with E-state index >= 15 is 0 Å². The summed E-state index contributed by atoms with van der Waals surface area (Å²) < 4.78 is 0. The number of anilines is 1. The monoisotopic (exact) mass is 349 g/mol. The van der Waals surface area contributed by atoms with Crippen LogP contribution in [-0.4, -0.2) is 18.1 Å². The van der Waals surface area contributed by atoms with Gasteiger partial charge in [-0.3, -0.25) is 0 Å². The molecule has 2 aromatic carbocycles. The number of rotatable bonds is 4. The summed E-state index contributed by atoms with van der Waals surface area (Å²) in [6, 6.07) is 10.4. The Labute approximate surface area is 143 Å². The minimum Gasteiger partial charge on any atom is -0.398 e. The van der Waals surface area contributed by atoms with Crippen LogP contribution < -0.4 is 11.5 Å². The van der Waals surface area contributed by atoms with Crippen LogP contribution in [0.25, 0.3) is 0 Å². The summed E-state index contributed by atoms with van der Waals surface area (Å²) in [5.41, 5.74) is 13.9. The molecule has 0 bridgehead atoms. The largest absolute Gasteiger partial charge is 0.398 e. The van der Waals surface area contributed by atoms with Crippen LogP contribution in [0.15, 0.2) is 46.4 Å². The SMILES string of the molecule is CSc1ccc(Cl)c(C(=O)O/N=C(\N)c2cccc(N)c2C)c1. The minimum atomic E-state index is -0.671. The van der Waals surface area contributed by atoms with Crippen molar-refractivity contribution in [2.45, 2.75) is 11.8 Å². The van der Waals surface area contributed by atoms with Crippen molar-refractivity contribution in [3.63, 3.8) is 0 Å². The number of oxime groups is 1. The van der Waals surface area contributed by atoms with Gasteiger partial charge in [0.2, 0.25) is 0 Å². The van der Waals surface area contributed by atoms with Gasteiger partial charge < -0.3 is 16.3 Å². The van der Waals surface area contributed by atoms with E-state index in [0.29, 0.717) is 16.3 Å². The first kappa shape index (κ1) is 17.2. The zero-order chi connectivity index (χ0) is 17.0. The maximum Gasteiger partial charge on any atom is 0.367 e. The predicted octanol–water partition coefficient (Wildman–Crippen LogP) is 3.43. The standard InChI is InChI=1S/C16H16ClN3O2S/c1-9-11(4-3-5-14(9)18)15(19)20-22-16(21)12-8-10(23-2)6-7-13(12)17/h3-8H,18H2,1-2H3,(H2,19,20). The first-order valence-electron chi connectivity index (χ1n) is 6.68. The summed E-state index contributed by atoms with van der Waals surface area (Å²) in [6.45, 7) is 1.81. The maximum absolute atomic E-state index is 12.1. The Balaban J connectivity index is 2.22. The normalized spacial score (nSPS) is 11.3. The number of carbonyl (C=O) groups is 1. The molecule has 23 heavy (non-hydrogen) atoms. The minimum absolute atomic E-state index is 0.0697. The van der Waals surface area contributed by atoms with Crippen LogP contribution in [0.4, 0.5) is 5.69 Å². The molecule has 0 aromatic heterocycles. The van der Waals surface area contributed by atoms with Gasteiger partial charge in [-0.2, -0.15) is 0 Å². The van der Waals surface area contributed by atoms with Gasteiger partial charge in [0.1, 0.15) is 0 Å². The third-order valence-corrected chi connectivity index (χ3v) is 4.33. The highest BCUT2D eigenvalue weighted by atomic mass is 35.5. The Morgan fingerprint density at radius 3 is 2.70 bits per heavy atom. The highest BCUT2D eigenvalue weighted by Gasteiger charge is 2.14. The second kappa shape index (κ2) is 7.39. The van der Waals surface area contributed by atoms with Crippen molar-refractivity contribution in [1.29, 1.82) is 0 Å². The van der Waals surface area contributed by atoms with Gasteiger partial charge in [-0.1, -0.05) is 28.9 Å². The number of amidine groups is 1. The van der Waals surface area contributed by atoms with Crippen molar-refractivity contribution >= 4 is 40.9 Å². The fourth-order valence-corrected chi connectivity index (χ4v) is 2.54. The lowest BCUT2D eigenvalue weighted by molar-refractivity contribution is 0.0516. The molecule has 0 unspecified atom stereocenters. The smallest absolute Gasteiger partial charge is 0.367 e. The number of carbonyl (C=O) groups excluding carboxylic acids is 1. The molecule has 0 atom stereocenters. The molecule has 0 saturated carbocycles. The number of halogens is 1. The fourth-order valence-electron chi connectivity index (χ4n) is 1.91. The van der Waals surface area contributed by atoms with Crippen LogP contribution in [0.1, 0.15) is 21.5 Å². The average molecular weight is 350 g/mol. The number of nitrogens with two attached hydrogens (primary N) is 2. The second-order valence-corrected chi connectivity index (χ2v) is 6.01. The van der Waals surface area contributed by atoms with Crippen LogP contribution in [0.5, 0.6) is 0 Å². The lowest BCUT2D eigenvalue weighted by Crippen LogP contribution is -2.17. The molecule has 0 heterocycles. The Bertz CT molecular complexity index is 778. The molecule has 0 saturated heterocycles. The summed E-state index contributed by atoms with van der Waals surface area (Å²) in [5.74, 6) is -0.601. The van der Waals surface area contributed by atoms with E-state index in [0.717, 1.165) is 10.5 Å². The third-order valence-electron chi connectivity index (χ3n) is 3.27. The molecule has 0 aliphatic rings. The van der Waals surface area contributed by atoms with E-state index in [9.17, 15) is 4.79 Å². The average Bonchev–Trinajstić information content (AvgIpc) is 2.55. The van der Waals surface area contributed by atoms with Crippen molar-refractivity contribution in [2.24, 2.45) is 10.9 Å². The van der Waals surface area contributed by atoms with Crippen molar-refractivity contribution in [3.8, 4) is 0 Å². The molecule has 0 amide bonds. The third kappa shape index (κ3) is 3.97. The first-order valence-corrected chi connectivity index (χ1v) is 8.28. The van der Waals surface area contributed by atoms with Crippen molar-refractivity contribution in [2.75, 3.05) is 12.0 Å². The zero-order valence-corrected chi connectivity index (χ0v) is 14.2. The van der Waals surface area contributed by atoms with Gasteiger partial charge in [-0.15, -0.1) is 11.8 Å². The Morgan fingerprint density at radius 1 is 1.26 bits per heavy atom. The summed E-state index contributed by atoms with van der Waals surface area (Å²) >= 11 is 7.51. The number of hydrogen-bond acceptors (Lipinski definition) is 5. The van der Waals surface area contributed by atoms with Gasteiger partial charge in [0.05, 0.1) is 10.6 Å². The van der Waals surface area contributed by atoms with E-state index in [-0.39, 0.29) is 11.4 Å². The fraction of sp³-hybridized carbons (Fsp3) is 0.125. The molecule has 0 spiro atoms. The Kier molecular flexibility index (Phi) is 5.52. The highest BCUT2D eigenvalue weighted by Crippen LogP contribution is 2.24. The molecule has 0 fully saturated rings. The molecule has 4 N–H and O–H groups in total. The summed E-state index contributed by atoms with van der Waals surface area (Å²) in [5, 5.41) is 3.99. The summed E-state index contributed by atoms with van der Waals surface area (Å²) in [7, 11) is 0. The van der Waals surface area contributed by atoms with Crippen molar-refractivity contribution in [3.05, 3.63) is 58.1 Å². The summed E-state index contributed by atoms with van der Waals surface area (Å²) in [4.78, 5) is 17.9. The molecule has 0 aliphatic heterocycles. The molecule has 0 radical (unpaired) electrons. The molecule has 7 heteroatoms. The molecule has 2 aromatic rings. The molecule has 120 valence electrons. The van der Waals surface area contributed by atoms with Crippen LogP contribution in [0.3, 0.4) is 0 Å². The zero-order valence-electron chi connectivity index (χ0n) is 12.7. The number of thioether (sulfide) groups is 1. The number of nitrogens with zero attached hydrogens (tertiary/aromatic N) is 1. The number of hydrogen-bond donors (Lipinski definition) is 2.